The van der Waals surface area contributed by atoms with Crippen LogP contribution in [-0.2, 0) is 17.6 Å². The van der Waals surface area contributed by atoms with E-state index in [9.17, 15) is 18.4 Å². The van der Waals surface area contributed by atoms with Crippen LogP contribution in [0.25, 0.3) is 27.8 Å². The van der Waals surface area contributed by atoms with Crippen molar-refractivity contribution in [3.8, 4) is 22.3 Å². The number of nitrogens with zero attached hydrogens (tertiary/aromatic N) is 2. The molecule has 0 bridgehead atoms. The highest BCUT2D eigenvalue weighted by Crippen LogP contribution is 2.37. The van der Waals surface area contributed by atoms with Crippen LogP contribution < -0.4 is 0 Å². The topological polar surface area (TPSA) is 40.6 Å². The summed E-state index contributed by atoms with van der Waals surface area (Å²) in [6, 6.07) is 25.6. The number of likely N-dealkylation sites (tertiary alicyclic amines) is 2. The molecular formula is C47H57AlF2N2O2. The van der Waals surface area contributed by atoms with E-state index in [1.807, 2.05) is 35.2 Å². The lowest BCUT2D eigenvalue weighted by atomic mass is 9.94. The van der Waals surface area contributed by atoms with Gasteiger partial charge < -0.3 is 9.80 Å². The molecule has 2 aliphatic carbocycles. The summed E-state index contributed by atoms with van der Waals surface area (Å²) in [5.74, 6) is 2.18. The summed E-state index contributed by atoms with van der Waals surface area (Å²) in [5, 5.41) is 0. The standard InChI is InChI=1S/C23H26FN.C15H11FO.C8H15NO.CH3.Al.2H/c24-20-11-8-18(9-12-20)21-6-5-7-22-19(10-13-23(21)22)14-17-25-15-3-1-2-4-16-25;16-11-6-4-10(5-7-11)12-2-1-3-14-13(12)8-9-15(14)17;1-8(10)9-6-4-2-3-5-7-9;;;;/h5-12H,1-4,13-17H2;1-7H,8-9H2;2-7H2,1H3;1H3;;;. The summed E-state index contributed by atoms with van der Waals surface area (Å²) in [4.78, 5) is 27.1. The molecule has 2 fully saturated rings. The molecule has 4 aromatic carbocycles. The van der Waals surface area contributed by atoms with Gasteiger partial charge in [-0.15, -0.1) is 5.79 Å². The molecular weight excluding hydrogens is 690 g/mol. The highest BCUT2D eigenvalue weighted by molar-refractivity contribution is 6.05. The number of halogens is 2. The summed E-state index contributed by atoms with van der Waals surface area (Å²) in [7, 11) is 0. The van der Waals surface area contributed by atoms with E-state index in [0.29, 0.717) is 6.42 Å². The number of allylic oxidation sites excluding steroid dienone is 1. The second kappa shape index (κ2) is 21.3. The van der Waals surface area contributed by atoms with Gasteiger partial charge >= 0.3 is 0 Å². The van der Waals surface area contributed by atoms with Crippen LogP contribution in [-0.4, -0.2) is 70.5 Å². The Bertz CT molecular complexity index is 1840. The highest BCUT2D eigenvalue weighted by atomic mass is 27.0. The molecule has 1 amide bonds. The third-order valence-corrected chi connectivity index (χ3v) is 10.9. The number of amides is 1. The molecule has 0 N–H and O–H groups in total. The maximum Gasteiger partial charge on any atom is 0.219 e. The number of hydrogen-bond acceptors (Lipinski definition) is 3. The Morgan fingerprint density at radius 3 is 1.63 bits per heavy atom. The molecule has 4 aliphatic rings. The SMILES string of the molecule is CC(=O)N1CCCCCC1.Fc1ccc(-c2cccc3c2CC=C3CCN2CCCCCC2)cc1.O=C1CCc2c1cccc2-c1ccc(F)cc1.[CH3][AlH2]. The van der Waals surface area contributed by atoms with Crippen molar-refractivity contribution in [2.75, 3.05) is 32.7 Å². The molecule has 284 valence electrons. The molecule has 2 heterocycles. The van der Waals surface area contributed by atoms with Gasteiger partial charge in [-0.3, -0.25) is 9.59 Å². The van der Waals surface area contributed by atoms with Crippen molar-refractivity contribution in [3.63, 3.8) is 0 Å². The van der Waals surface area contributed by atoms with Crippen molar-refractivity contribution in [1.82, 2.24) is 9.80 Å². The zero-order valence-electron chi connectivity index (χ0n) is 32.6. The fourth-order valence-electron chi connectivity index (χ4n) is 7.99. The molecule has 2 aliphatic heterocycles. The molecule has 4 aromatic rings. The molecule has 0 spiro atoms. The predicted molar refractivity (Wildman–Crippen MR) is 223 cm³/mol. The predicted octanol–water partition coefficient (Wildman–Crippen LogP) is 10.4. The van der Waals surface area contributed by atoms with Crippen molar-refractivity contribution < 1.29 is 18.4 Å². The van der Waals surface area contributed by atoms with E-state index in [-0.39, 0.29) is 23.3 Å². The highest BCUT2D eigenvalue weighted by Gasteiger charge is 2.22. The van der Waals surface area contributed by atoms with Crippen LogP contribution in [0.3, 0.4) is 0 Å². The normalized spacial score (nSPS) is 16.5. The van der Waals surface area contributed by atoms with Gasteiger partial charge in [-0.2, -0.15) is 0 Å². The molecule has 4 nitrogen and oxygen atoms in total. The summed E-state index contributed by atoms with van der Waals surface area (Å²) in [6.45, 7) is 7.31. The Kier molecular flexibility index (Phi) is 16.3. The number of hydrogen-bond donors (Lipinski definition) is 0. The zero-order valence-corrected chi connectivity index (χ0v) is 34.6. The number of carbonyl (C=O) groups excluding carboxylic acids is 2. The average Bonchev–Trinajstić information content (AvgIpc) is 3.52. The largest absolute Gasteiger partial charge is 0.343 e. The van der Waals surface area contributed by atoms with Crippen LogP contribution in [0, 0.1) is 11.6 Å². The number of fused-ring (bicyclic) bond motifs is 2. The third kappa shape index (κ3) is 11.3. The maximum absolute atomic E-state index is 13.2. The monoisotopic (exact) mass is 746 g/mol. The van der Waals surface area contributed by atoms with Crippen molar-refractivity contribution >= 4 is 33.6 Å². The van der Waals surface area contributed by atoms with Gasteiger partial charge in [0, 0.05) is 38.5 Å². The van der Waals surface area contributed by atoms with Crippen LogP contribution in [0.2, 0.25) is 5.79 Å². The van der Waals surface area contributed by atoms with E-state index < -0.39 is 0 Å². The van der Waals surface area contributed by atoms with E-state index in [0.717, 1.165) is 60.2 Å². The molecule has 7 heteroatoms. The van der Waals surface area contributed by atoms with Gasteiger partial charge in [0.25, 0.3) is 0 Å². The zero-order chi connectivity index (χ0) is 38.3. The first-order chi connectivity index (χ1) is 26.4. The lowest BCUT2D eigenvalue weighted by molar-refractivity contribution is -0.128. The van der Waals surface area contributed by atoms with Gasteiger partial charge in [0.1, 0.15) is 11.6 Å². The fraction of sp³-hybridized carbons (Fsp3) is 0.404. The second-order valence-corrected chi connectivity index (χ2v) is 14.5. The van der Waals surface area contributed by atoms with Crippen LogP contribution in [0.5, 0.6) is 0 Å². The van der Waals surface area contributed by atoms with Crippen LogP contribution in [0.4, 0.5) is 8.78 Å². The first-order valence-electron chi connectivity index (χ1n) is 20.3. The van der Waals surface area contributed by atoms with Gasteiger partial charge in [-0.25, -0.2) is 8.78 Å². The van der Waals surface area contributed by atoms with E-state index in [4.69, 9.17) is 0 Å². The second-order valence-electron chi connectivity index (χ2n) is 14.5. The number of carbonyl (C=O) groups is 2. The lowest BCUT2D eigenvalue weighted by Gasteiger charge is -2.20. The Morgan fingerprint density at radius 2 is 1.09 bits per heavy atom. The molecule has 0 unspecified atom stereocenters. The molecule has 8 rings (SSSR count). The smallest absolute Gasteiger partial charge is 0.219 e. The van der Waals surface area contributed by atoms with Crippen LogP contribution >= 0.6 is 0 Å². The number of benzene rings is 4. The molecule has 2 saturated heterocycles. The van der Waals surface area contributed by atoms with Crippen LogP contribution in [0.15, 0.2) is 91.0 Å². The minimum Gasteiger partial charge on any atom is -0.343 e. The number of ketones is 1. The summed E-state index contributed by atoms with van der Waals surface area (Å²) in [5.41, 5.74) is 10.6. The van der Waals surface area contributed by atoms with Crippen LogP contribution in [0.1, 0.15) is 98.2 Å². The summed E-state index contributed by atoms with van der Waals surface area (Å²) >= 11 is 1.31. The van der Waals surface area contributed by atoms with E-state index in [1.54, 1.807) is 31.2 Å². The quantitative estimate of drug-likeness (QED) is 0.191. The Balaban J connectivity index is 0.000000167. The maximum atomic E-state index is 13.2. The Labute approximate surface area is 330 Å². The first-order valence-corrected chi connectivity index (χ1v) is 22.3. The molecule has 0 atom stereocenters. The fourth-order valence-corrected chi connectivity index (χ4v) is 7.99. The van der Waals surface area contributed by atoms with Gasteiger partial charge in [0.2, 0.25) is 22.2 Å². The van der Waals surface area contributed by atoms with E-state index in [2.05, 4.69) is 35.0 Å². The van der Waals surface area contributed by atoms with Crippen molar-refractivity contribution in [2.24, 2.45) is 0 Å². The number of rotatable bonds is 5. The first kappa shape index (κ1) is 41.3. The summed E-state index contributed by atoms with van der Waals surface area (Å²) in [6.07, 6.45) is 16.4. The Hall–Kier alpha value is -3.89. The van der Waals surface area contributed by atoms with Crippen molar-refractivity contribution in [3.05, 3.63) is 125 Å². The third-order valence-electron chi connectivity index (χ3n) is 10.9. The lowest BCUT2D eigenvalue weighted by Crippen LogP contribution is -2.29. The van der Waals surface area contributed by atoms with Gasteiger partial charge in [0.05, 0.1) is 0 Å². The minimum atomic E-state index is -0.239. The molecule has 0 saturated carbocycles. The van der Waals surface area contributed by atoms with Gasteiger partial charge in [-0.1, -0.05) is 92.4 Å². The van der Waals surface area contributed by atoms with Crippen molar-refractivity contribution in [1.29, 1.82) is 0 Å². The minimum absolute atomic E-state index is 0.174. The van der Waals surface area contributed by atoms with Gasteiger partial charge in [0.15, 0.2) is 5.78 Å². The molecule has 0 aromatic heterocycles. The molecule has 0 radical (unpaired) electrons. The average molecular weight is 747 g/mol. The number of Topliss-reactive ketones (excluding diaryl/α,β-unsaturated/α-hetero) is 1. The van der Waals surface area contributed by atoms with Gasteiger partial charge in [-0.05, 0) is 127 Å². The van der Waals surface area contributed by atoms with Crippen molar-refractivity contribution in [2.45, 2.75) is 89.8 Å². The Morgan fingerprint density at radius 1 is 0.611 bits per heavy atom. The summed E-state index contributed by atoms with van der Waals surface area (Å²) < 4.78 is 26.1. The van der Waals surface area contributed by atoms with E-state index in [1.165, 1.54) is 122 Å². The molecule has 54 heavy (non-hydrogen) atoms. The van der Waals surface area contributed by atoms with E-state index >= 15 is 0 Å².